The van der Waals surface area contributed by atoms with Crippen LogP contribution in [0.15, 0.2) is 0 Å². The van der Waals surface area contributed by atoms with E-state index < -0.39 is 11.6 Å². The fourth-order valence-corrected chi connectivity index (χ4v) is 0. The molecule has 0 aliphatic carbocycles. The maximum Gasteiger partial charge on any atom is 0.335 e. The highest BCUT2D eigenvalue weighted by molar-refractivity contribution is 5.77. The molecule has 0 bridgehead atoms. The molecule has 0 rings (SSSR count). The predicted molar refractivity (Wildman–Crippen MR) is 23.6 cm³/mol. The third-order valence-electron chi connectivity index (χ3n) is 0.461. The van der Waals surface area contributed by atoms with Crippen molar-refractivity contribution in [1.29, 1.82) is 0 Å². The van der Waals surface area contributed by atoms with E-state index in [4.69, 9.17) is 10.2 Å². The number of hydrogen-bond acceptors (Lipinski definition) is 2. The number of hydrogen-bond donors (Lipinski definition) is 2. The lowest BCUT2D eigenvalue weighted by molar-refractivity contribution is -0.152. The minimum Gasteiger partial charge on any atom is -0.479 e. The van der Waals surface area contributed by atoms with E-state index in [1.54, 1.807) is 0 Å². The molecule has 3 nitrogen and oxygen atoms in total. The fourth-order valence-electron chi connectivity index (χ4n) is 0. The predicted octanol–water partition coefficient (Wildman–Crippen LogP) is -0.344. The molecule has 0 fully saturated rings. The highest BCUT2D eigenvalue weighted by Crippen LogP contribution is 1.96. The maximum absolute atomic E-state index is 9.71. The first-order valence-corrected chi connectivity index (χ1v) is 1.75. The Labute approximate surface area is 41.6 Å². The van der Waals surface area contributed by atoms with Gasteiger partial charge in [-0.15, -0.1) is 0 Å². The summed E-state index contributed by atoms with van der Waals surface area (Å²) in [4.78, 5) is 9.71. The van der Waals surface area contributed by atoms with Gasteiger partial charge in [0.2, 0.25) is 0 Å². The second kappa shape index (κ2) is 1.50. The molecule has 2 N–H and O–H groups in total. The molecular formula is C4H7O3. The monoisotopic (exact) mass is 103 g/mol. The van der Waals surface area contributed by atoms with Gasteiger partial charge in [0.05, 0.1) is 0 Å². The van der Waals surface area contributed by atoms with Crippen LogP contribution in [0, 0.1) is 6.92 Å². The number of aliphatic hydroxyl groups is 1. The second-order valence-electron chi connectivity index (χ2n) is 1.58. The Hall–Kier alpha value is -0.570. The van der Waals surface area contributed by atoms with Crippen molar-refractivity contribution in [2.24, 2.45) is 0 Å². The zero-order chi connectivity index (χ0) is 6.08. The lowest BCUT2D eigenvalue weighted by atomic mass is 10.1. The zero-order valence-electron chi connectivity index (χ0n) is 4.01. The molecule has 1 atom stereocenters. The minimum absolute atomic E-state index is 1.11. The van der Waals surface area contributed by atoms with Crippen LogP contribution < -0.4 is 0 Å². The minimum atomic E-state index is -1.83. The van der Waals surface area contributed by atoms with Crippen molar-refractivity contribution in [3.8, 4) is 0 Å². The number of carboxylic acids is 1. The van der Waals surface area contributed by atoms with Crippen LogP contribution in [0.3, 0.4) is 0 Å². The third-order valence-corrected chi connectivity index (χ3v) is 0.461. The van der Waals surface area contributed by atoms with Gasteiger partial charge < -0.3 is 10.2 Å². The first kappa shape index (κ1) is 6.43. The molecule has 7 heavy (non-hydrogen) atoms. The van der Waals surface area contributed by atoms with Crippen molar-refractivity contribution in [1.82, 2.24) is 0 Å². The van der Waals surface area contributed by atoms with Crippen molar-refractivity contribution >= 4 is 5.97 Å². The van der Waals surface area contributed by atoms with Crippen LogP contribution >= 0.6 is 0 Å². The Morgan fingerprint density at radius 1 is 1.86 bits per heavy atom. The molecule has 0 aromatic heterocycles. The molecule has 0 amide bonds. The smallest absolute Gasteiger partial charge is 0.335 e. The molecule has 3 heteroatoms. The van der Waals surface area contributed by atoms with Crippen molar-refractivity contribution in [2.75, 3.05) is 0 Å². The van der Waals surface area contributed by atoms with Crippen LogP contribution in [0.2, 0.25) is 0 Å². The molecule has 0 aliphatic heterocycles. The van der Waals surface area contributed by atoms with Gasteiger partial charge in [0.15, 0.2) is 5.60 Å². The highest BCUT2D eigenvalue weighted by Gasteiger charge is 2.21. The summed E-state index contributed by atoms with van der Waals surface area (Å²) in [5.41, 5.74) is -1.83. The van der Waals surface area contributed by atoms with Gasteiger partial charge in [0.25, 0.3) is 0 Å². The Balaban J connectivity index is 3.79. The molecule has 0 aromatic carbocycles. The average molecular weight is 103 g/mol. The SMILES string of the molecule is [CH2]C(C)(O)C(=O)O. The average Bonchev–Trinajstić information content (AvgIpc) is 1.31. The fraction of sp³-hybridized carbons (Fsp3) is 0.500. The van der Waals surface area contributed by atoms with Gasteiger partial charge in [-0.25, -0.2) is 4.79 Å². The summed E-state index contributed by atoms with van der Waals surface area (Å²) in [5.74, 6) is -1.31. The van der Waals surface area contributed by atoms with E-state index >= 15 is 0 Å². The van der Waals surface area contributed by atoms with Gasteiger partial charge in [0.1, 0.15) is 0 Å². The topological polar surface area (TPSA) is 57.5 Å². The number of carboxylic acid groups (broad SMARTS) is 1. The summed E-state index contributed by atoms with van der Waals surface area (Å²) in [7, 11) is 0. The molecule has 0 spiro atoms. The molecular weight excluding hydrogens is 96.0 g/mol. The van der Waals surface area contributed by atoms with E-state index in [-0.39, 0.29) is 0 Å². The van der Waals surface area contributed by atoms with E-state index in [0.29, 0.717) is 0 Å². The van der Waals surface area contributed by atoms with Gasteiger partial charge in [0, 0.05) is 0 Å². The standard InChI is InChI=1S/C4H7O3/c1-4(2,7)3(5)6/h7H,1H2,2H3,(H,5,6). The second-order valence-corrected chi connectivity index (χ2v) is 1.58. The van der Waals surface area contributed by atoms with E-state index in [9.17, 15) is 4.79 Å². The van der Waals surface area contributed by atoms with Gasteiger partial charge in [-0.2, -0.15) is 0 Å². The van der Waals surface area contributed by atoms with Crippen molar-refractivity contribution in [2.45, 2.75) is 12.5 Å². The van der Waals surface area contributed by atoms with Crippen molar-refractivity contribution < 1.29 is 15.0 Å². The van der Waals surface area contributed by atoms with E-state index in [0.717, 1.165) is 6.92 Å². The number of carbonyl (C=O) groups is 1. The van der Waals surface area contributed by atoms with Gasteiger partial charge in [-0.05, 0) is 13.8 Å². The molecule has 41 valence electrons. The number of aliphatic carboxylic acids is 1. The van der Waals surface area contributed by atoms with Gasteiger partial charge in [-0.1, -0.05) is 0 Å². The Morgan fingerprint density at radius 2 is 2.00 bits per heavy atom. The van der Waals surface area contributed by atoms with Crippen LogP contribution in [-0.2, 0) is 4.79 Å². The summed E-state index contributed by atoms with van der Waals surface area (Å²) in [5, 5.41) is 16.3. The van der Waals surface area contributed by atoms with Crippen LogP contribution in [0.4, 0.5) is 0 Å². The highest BCUT2D eigenvalue weighted by atomic mass is 16.4. The van der Waals surface area contributed by atoms with Gasteiger partial charge >= 0.3 is 5.97 Å². The van der Waals surface area contributed by atoms with Gasteiger partial charge in [-0.3, -0.25) is 0 Å². The Bertz CT molecular complexity index is 79.4. The molecule has 0 aliphatic rings. The largest absolute Gasteiger partial charge is 0.479 e. The molecule has 1 unspecified atom stereocenters. The van der Waals surface area contributed by atoms with E-state index in [1.807, 2.05) is 0 Å². The summed E-state index contributed by atoms with van der Waals surface area (Å²) < 4.78 is 0. The van der Waals surface area contributed by atoms with E-state index in [1.165, 1.54) is 0 Å². The molecule has 0 saturated heterocycles. The zero-order valence-corrected chi connectivity index (χ0v) is 4.01. The summed E-state index contributed by atoms with van der Waals surface area (Å²) in [6, 6.07) is 0. The van der Waals surface area contributed by atoms with Crippen molar-refractivity contribution in [3.05, 3.63) is 6.92 Å². The molecule has 0 saturated carbocycles. The molecule has 0 aromatic rings. The lowest BCUT2D eigenvalue weighted by Gasteiger charge is -2.07. The quantitative estimate of drug-likeness (QED) is 0.477. The van der Waals surface area contributed by atoms with Crippen LogP contribution in [-0.4, -0.2) is 21.8 Å². The molecule has 1 radical (unpaired) electrons. The first-order chi connectivity index (χ1) is 2.94. The third kappa shape index (κ3) is 2.17. The maximum atomic E-state index is 9.71. The van der Waals surface area contributed by atoms with Crippen LogP contribution in [0.1, 0.15) is 6.92 Å². The summed E-state index contributed by atoms with van der Waals surface area (Å²) >= 11 is 0. The Morgan fingerprint density at radius 3 is 2.00 bits per heavy atom. The van der Waals surface area contributed by atoms with Crippen molar-refractivity contribution in [3.63, 3.8) is 0 Å². The number of rotatable bonds is 1. The first-order valence-electron chi connectivity index (χ1n) is 1.75. The lowest BCUT2D eigenvalue weighted by Crippen LogP contribution is -2.30. The molecule has 0 heterocycles. The summed E-state index contributed by atoms with van der Waals surface area (Å²) in [6.07, 6.45) is 0. The van der Waals surface area contributed by atoms with E-state index in [2.05, 4.69) is 6.92 Å². The van der Waals surface area contributed by atoms with Crippen LogP contribution in [0.5, 0.6) is 0 Å². The summed E-state index contributed by atoms with van der Waals surface area (Å²) in [6.45, 7) is 4.03. The normalized spacial score (nSPS) is 11.3. The van der Waals surface area contributed by atoms with Crippen LogP contribution in [0.25, 0.3) is 0 Å². The Kier molecular flexibility index (Phi) is 1.38.